The molecule has 6 nitrogen and oxygen atoms in total. The van der Waals surface area contributed by atoms with E-state index in [1.807, 2.05) is 0 Å². The summed E-state index contributed by atoms with van der Waals surface area (Å²) >= 11 is 0. The molecule has 0 saturated carbocycles. The summed E-state index contributed by atoms with van der Waals surface area (Å²) in [5.41, 5.74) is -0.234. The molecule has 0 aliphatic heterocycles. The maximum Gasteiger partial charge on any atom is 0.420 e. The normalized spacial score (nSPS) is 11.2. The number of benzene rings is 2. The van der Waals surface area contributed by atoms with Crippen molar-refractivity contribution in [3.8, 4) is 22.6 Å². The molecule has 0 heterocycles. The Hall–Kier alpha value is -4.27. The van der Waals surface area contributed by atoms with Crippen LogP contribution in [0, 0.1) is 0 Å². The third kappa shape index (κ3) is 7.21. The average molecular weight is 446 g/mol. The van der Waals surface area contributed by atoms with E-state index in [0.717, 1.165) is 49.3 Å². The molecule has 0 amide bonds. The van der Waals surface area contributed by atoms with Crippen molar-refractivity contribution in [3.05, 3.63) is 98.4 Å². The average Bonchev–Trinajstić information content (AvgIpc) is 2.79. The lowest BCUT2D eigenvalue weighted by molar-refractivity contribution is -0.138. The summed E-state index contributed by atoms with van der Waals surface area (Å²) in [6, 6.07) is 9.71. The second kappa shape index (κ2) is 11.2. The Morgan fingerprint density at radius 1 is 0.750 bits per heavy atom. The van der Waals surface area contributed by atoms with Crippen LogP contribution in [0.2, 0.25) is 0 Å². The highest BCUT2D eigenvalue weighted by molar-refractivity contribution is 5.82. The fourth-order valence-electron chi connectivity index (χ4n) is 2.25. The molecule has 0 bridgehead atoms. The van der Waals surface area contributed by atoms with Crippen molar-refractivity contribution in [1.29, 1.82) is 0 Å². The topological polar surface area (TPSA) is 71.1 Å². The molecule has 2 aromatic rings. The lowest BCUT2D eigenvalue weighted by atomic mass is 10.0. The Morgan fingerprint density at radius 2 is 1.28 bits per heavy atom. The molecule has 0 unspecified atom stereocenters. The van der Waals surface area contributed by atoms with Gasteiger partial charge in [-0.15, -0.1) is 0 Å². The van der Waals surface area contributed by atoms with Crippen molar-refractivity contribution >= 4 is 11.9 Å². The van der Waals surface area contributed by atoms with Crippen LogP contribution in [0.25, 0.3) is 11.1 Å². The first-order valence-corrected chi connectivity index (χ1v) is 8.85. The highest BCUT2D eigenvalue weighted by atomic mass is 19.4. The first-order chi connectivity index (χ1) is 15.2. The Balaban J connectivity index is 2.15. The van der Waals surface area contributed by atoms with Crippen LogP contribution in [0.4, 0.5) is 13.2 Å². The number of hydrogen-bond acceptors (Lipinski definition) is 6. The zero-order chi connectivity index (χ0) is 23.6. The smallest absolute Gasteiger partial charge is 0.420 e. The third-order valence-electron chi connectivity index (χ3n) is 3.68. The number of rotatable bonds is 9. The van der Waals surface area contributed by atoms with Gasteiger partial charge in [0.25, 0.3) is 0 Å². The molecular formula is C23H17F3O6. The minimum atomic E-state index is -4.69. The van der Waals surface area contributed by atoms with E-state index in [1.54, 1.807) is 12.1 Å². The van der Waals surface area contributed by atoms with Crippen molar-refractivity contribution in [2.24, 2.45) is 0 Å². The van der Waals surface area contributed by atoms with Crippen LogP contribution >= 0.6 is 0 Å². The molecule has 0 spiro atoms. The van der Waals surface area contributed by atoms with Gasteiger partial charge in [0.2, 0.25) is 0 Å². The summed E-state index contributed by atoms with van der Waals surface area (Å²) < 4.78 is 59.7. The first kappa shape index (κ1) is 24.0. The fourth-order valence-corrected chi connectivity index (χ4v) is 2.25. The minimum absolute atomic E-state index is 0.286. The highest BCUT2D eigenvalue weighted by Gasteiger charge is 2.34. The largest absolute Gasteiger partial charge is 0.462 e. The zero-order valence-electron chi connectivity index (χ0n) is 16.5. The summed E-state index contributed by atoms with van der Waals surface area (Å²) in [5, 5.41) is 0. The number of carbonyl (C=O) groups is 2. The summed E-state index contributed by atoms with van der Waals surface area (Å²) in [7, 11) is 0. The van der Waals surface area contributed by atoms with E-state index in [0.29, 0.717) is 11.3 Å². The Labute approximate surface area is 181 Å². The number of carbonyl (C=O) groups excluding carboxylic acids is 2. The van der Waals surface area contributed by atoms with Gasteiger partial charge in [-0.1, -0.05) is 31.4 Å². The van der Waals surface area contributed by atoms with Gasteiger partial charge in [0.15, 0.2) is 0 Å². The molecule has 0 aromatic heterocycles. The number of halogens is 3. The molecule has 166 valence electrons. The second-order valence-electron chi connectivity index (χ2n) is 5.80. The van der Waals surface area contributed by atoms with Gasteiger partial charge in [0.1, 0.15) is 36.5 Å². The van der Waals surface area contributed by atoms with E-state index in [1.165, 1.54) is 18.2 Å². The van der Waals surface area contributed by atoms with Gasteiger partial charge >= 0.3 is 18.1 Å². The lowest BCUT2D eigenvalue weighted by Crippen LogP contribution is -2.07. The van der Waals surface area contributed by atoms with Crippen LogP contribution < -0.4 is 9.47 Å². The fraction of sp³-hybridized carbons (Fsp3) is 0.0435. The zero-order valence-corrected chi connectivity index (χ0v) is 16.5. The summed E-state index contributed by atoms with van der Waals surface area (Å²) in [4.78, 5) is 21.8. The van der Waals surface area contributed by atoms with Gasteiger partial charge in [-0.3, -0.25) is 0 Å². The lowest BCUT2D eigenvalue weighted by Gasteiger charge is -2.14. The summed E-state index contributed by atoms with van der Waals surface area (Å²) in [6.45, 7) is 6.42. The number of esters is 2. The highest BCUT2D eigenvalue weighted by Crippen LogP contribution is 2.39. The second-order valence-corrected chi connectivity index (χ2v) is 5.80. The monoisotopic (exact) mass is 446 g/mol. The Bertz CT molecular complexity index is 1040. The molecule has 0 radical (unpaired) electrons. The van der Waals surface area contributed by atoms with Crippen LogP contribution in [0.1, 0.15) is 5.56 Å². The van der Waals surface area contributed by atoms with Gasteiger partial charge in [-0.05, 0) is 35.4 Å². The molecule has 2 aromatic carbocycles. The van der Waals surface area contributed by atoms with Gasteiger partial charge in [-0.25, -0.2) is 9.59 Å². The van der Waals surface area contributed by atoms with E-state index < -0.39 is 29.4 Å². The van der Waals surface area contributed by atoms with E-state index in [9.17, 15) is 22.8 Å². The molecule has 9 heteroatoms. The molecule has 32 heavy (non-hydrogen) atoms. The van der Waals surface area contributed by atoms with Crippen molar-refractivity contribution in [2.75, 3.05) is 0 Å². The maximum absolute atomic E-state index is 13.5. The van der Waals surface area contributed by atoms with Crippen LogP contribution in [-0.4, -0.2) is 11.9 Å². The molecule has 0 N–H and O–H groups in total. The van der Waals surface area contributed by atoms with Crippen LogP contribution in [-0.2, 0) is 25.2 Å². The van der Waals surface area contributed by atoms with Crippen molar-refractivity contribution in [2.45, 2.75) is 6.18 Å². The van der Waals surface area contributed by atoms with E-state index in [-0.39, 0.29) is 5.56 Å². The molecule has 0 aliphatic rings. The maximum atomic E-state index is 13.5. The van der Waals surface area contributed by atoms with Crippen molar-refractivity contribution in [3.63, 3.8) is 0 Å². The predicted octanol–water partition coefficient (Wildman–Crippen LogP) is 5.53. The summed E-state index contributed by atoms with van der Waals surface area (Å²) in [6.07, 6.45) is 0.973. The first-order valence-electron chi connectivity index (χ1n) is 8.85. The number of alkyl halides is 3. The molecule has 0 aliphatic carbocycles. The SMILES string of the molecule is C=CC(=O)O/C=C\Oc1ccc(-c2ccc(O/C=C\OC(=O)C=C)c(C(F)(F)F)c2)cc1. The number of hydrogen-bond donors (Lipinski definition) is 0. The Kier molecular flexibility index (Phi) is 8.41. The van der Waals surface area contributed by atoms with Crippen LogP contribution in [0.5, 0.6) is 11.5 Å². The van der Waals surface area contributed by atoms with Gasteiger partial charge in [-0.2, -0.15) is 13.2 Å². The van der Waals surface area contributed by atoms with E-state index in [4.69, 9.17) is 9.47 Å². The predicted molar refractivity (Wildman–Crippen MR) is 109 cm³/mol. The van der Waals surface area contributed by atoms with Crippen LogP contribution in [0.15, 0.2) is 92.8 Å². The van der Waals surface area contributed by atoms with Crippen molar-refractivity contribution < 1.29 is 41.7 Å². The van der Waals surface area contributed by atoms with Gasteiger partial charge < -0.3 is 18.9 Å². The molecule has 0 saturated heterocycles. The molecule has 0 fully saturated rings. The van der Waals surface area contributed by atoms with E-state index in [2.05, 4.69) is 22.6 Å². The minimum Gasteiger partial charge on any atom is -0.462 e. The molecule has 0 atom stereocenters. The Morgan fingerprint density at radius 3 is 1.81 bits per heavy atom. The number of ether oxygens (including phenoxy) is 4. The standard InChI is InChI=1S/C23H17F3O6/c1-3-21(27)31-13-11-29-18-8-5-16(6-9-18)17-7-10-20(19(15-17)23(24,25)26)30-12-14-32-22(28)4-2/h3-15H,1-2H2/b13-11-,14-12-. The van der Waals surface area contributed by atoms with E-state index >= 15 is 0 Å². The van der Waals surface area contributed by atoms with Crippen LogP contribution in [0.3, 0.4) is 0 Å². The molecule has 2 rings (SSSR count). The third-order valence-corrected chi connectivity index (χ3v) is 3.68. The van der Waals surface area contributed by atoms with Crippen molar-refractivity contribution in [1.82, 2.24) is 0 Å². The molecular weight excluding hydrogens is 429 g/mol. The van der Waals surface area contributed by atoms with Gasteiger partial charge in [0, 0.05) is 12.2 Å². The summed E-state index contributed by atoms with van der Waals surface area (Å²) in [5.74, 6) is -1.53. The van der Waals surface area contributed by atoms with Gasteiger partial charge in [0.05, 0.1) is 5.56 Å². The quantitative estimate of drug-likeness (QED) is 0.287.